The Hall–Kier alpha value is -1.55. The molecule has 1 aromatic rings. The van der Waals surface area contributed by atoms with Crippen LogP contribution >= 0.6 is 0 Å². The normalized spacial score (nSPS) is 15.6. The number of carbonyl (C=O) groups excluding carboxylic acids is 1. The van der Waals surface area contributed by atoms with E-state index in [1.54, 1.807) is 4.90 Å². The van der Waals surface area contributed by atoms with Gasteiger partial charge in [-0.3, -0.25) is 4.79 Å². The van der Waals surface area contributed by atoms with Crippen LogP contribution in [-0.4, -0.2) is 25.6 Å². The van der Waals surface area contributed by atoms with Crippen molar-refractivity contribution >= 4 is 11.6 Å². The zero-order valence-corrected chi connectivity index (χ0v) is 11.0. The van der Waals surface area contributed by atoms with Gasteiger partial charge in [0.2, 0.25) is 5.91 Å². The average Bonchev–Trinajstić information content (AvgIpc) is 2.60. The minimum Gasteiger partial charge on any atom is -0.491 e. The van der Waals surface area contributed by atoms with Crippen LogP contribution in [0.2, 0.25) is 0 Å². The third-order valence-electron chi connectivity index (χ3n) is 3.27. The first-order valence-corrected chi connectivity index (χ1v) is 6.30. The molecule has 2 rings (SSSR count). The molecule has 0 atom stereocenters. The van der Waals surface area contributed by atoms with Crippen LogP contribution in [0.4, 0.5) is 5.69 Å². The second-order valence-electron chi connectivity index (χ2n) is 5.21. The van der Waals surface area contributed by atoms with Gasteiger partial charge < -0.3 is 15.4 Å². The lowest BCUT2D eigenvalue weighted by molar-refractivity contribution is -0.126. The third-order valence-corrected chi connectivity index (χ3v) is 3.27. The van der Waals surface area contributed by atoms with Crippen molar-refractivity contribution in [3.8, 4) is 5.75 Å². The number of carbonyl (C=O) groups is 1. The minimum atomic E-state index is -0.544. The van der Waals surface area contributed by atoms with Crippen molar-refractivity contribution in [2.24, 2.45) is 11.1 Å². The maximum Gasteiger partial charge on any atom is 0.234 e. The topological polar surface area (TPSA) is 55.6 Å². The largest absolute Gasteiger partial charge is 0.491 e. The summed E-state index contributed by atoms with van der Waals surface area (Å²) in [6.07, 6.45) is 0.834. The lowest BCUT2D eigenvalue weighted by Gasteiger charge is -2.30. The Labute approximate surface area is 108 Å². The van der Waals surface area contributed by atoms with E-state index < -0.39 is 5.41 Å². The Morgan fingerprint density at radius 3 is 2.89 bits per heavy atom. The molecule has 0 bridgehead atoms. The average molecular weight is 248 g/mol. The summed E-state index contributed by atoms with van der Waals surface area (Å²) < 4.78 is 5.65. The Balaban J connectivity index is 2.36. The number of hydrogen-bond donors (Lipinski definition) is 1. The van der Waals surface area contributed by atoms with Crippen LogP contribution in [0, 0.1) is 5.41 Å². The van der Waals surface area contributed by atoms with Crippen molar-refractivity contribution in [3.63, 3.8) is 0 Å². The summed E-state index contributed by atoms with van der Waals surface area (Å²) in [6.45, 7) is 5.42. The molecule has 98 valence electrons. The van der Waals surface area contributed by atoms with Gasteiger partial charge in [0.15, 0.2) is 0 Å². The van der Waals surface area contributed by atoms with Crippen molar-refractivity contribution in [1.82, 2.24) is 0 Å². The van der Waals surface area contributed by atoms with E-state index >= 15 is 0 Å². The highest BCUT2D eigenvalue weighted by molar-refractivity contribution is 5.98. The van der Waals surface area contributed by atoms with Crippen molar-refractivity contribution in [3.05, 3.63) is 24.3 Å². The first-order valence-electron chi connectivity index (χ1n) is 6.30. The molecule has 1 aromatic carbocycles. The van der Waals surface area contributed by atoms with Crippen LogP contribution < -0.4 is 15.4 Å². The van der Waals surface area contributed by atoms with Crippen LogP contribution in [0.1, 0.15) is 20.3 Å². The molecule has 0 aliphatic carbocycles. The van der Waals surface area contributed by atoms with Gasteiger partial charge in [0.1, 0.15) is 5.75 Å². The zero-order valence-electron chi connectivity index (χ0n) is 11.0. The predicted molar refractivity (Wildman–Crippen MR) is 71.7 cm³/mol. The predicted octanol–water partition coefficient (Wildman–Crippen LogP) is 1.79. The molecular formula is C14H20N2O2. The van der Waals surface area contributed by atoms with E-state index in [1.807, 2.05) is 38.1 Å². The molecule has 0 aromatic heterocycles. The molecule has 0 saturated carbocycles. The summed E-state index contributed by atoms with van der Waals surface area (Å²) in [5, 5.41) is 0. The van der Waals surface area contributed by atoms with Gasteiger partial charge in [-0.15, -0.1) is 0 Å². The summed E-state index contributed by atoms with van der Waals surface area (Å²) in [6, 6.07) is 7.66. The highest BCUT2D eigenvalue weighted by Crippen LogP contribution is 2.33. The van der Waals surface area contributed by atoms with Gasteiger partial charge in [-0.05, 0) is 32.4 Å². The second-order valence-corrected chi connectivity index (χ2v) is 5.21. The molecule has 0 fully saturated rings. The maximum atomic E-state index is 12.6. The third kappa shape index (κ3) is 2.34. The summed E-state index contributed by atoms with van der Waals surface area (Å²) in [5.41, 5.74) is 6.00. The number of ether oxygens (including phenoxy) is 1. The van der Waals surface area contributed by atoms with Crippen LogP contribution in [0.25, 0.3) is 0 Å². The molecule has 1 aliphatic rings. The zero-order chi connectivity index (χ0) is 13.2. The quantitative estimate of drug-likeness (QED) is 0.868. The lowest BCUT2D eigenvalue weighted by atomic mass is 9.91. The number of amides is 1. The summed E-state index contributed by atoms with van der Waals surface area (Å²) in [4.78, 5) is 14.4. The van der Waals surface area contributed by atoms with Crippen LogP contribution in [0.15, 0.2) is 24.3 Å². The Bertz CT molecular complexity index is 443. The van der Waals surface area contributed by atoms with E-state index in [9.17, 15) is 4.79 Å². The minimum absolute atomic E-state index is 0.0583. The molecule has 4 heteroatoms. The summed E-state index contributed by atoms with van der Waals surface area (Å²) in [5.74, 6) is 0.833. The highest BCUT2D eigenvalue weighted by atomic mass is 16.5. The van der Waals surface area contributed by atoms with Crippen LogP contribution in [-0.2, 0) is 4.79 Å². The van der Waals surface area contributed by atoms with E-state index in [-0.39, 0.29) is 5.91 Å². The van der Waals surface area contributed by atoms with Crippen molar-refractivity contribution in [2.75, 3.05) is 24.6 Å². The van der Waals surface area contributed by atoms with Gasteiger partial charge >= 0.3 is 0 Å². The Kier molecular flexibility index (Phi) is 3.57. The Morgan fingerprint density at radius 1 is 1.44 bits per heavy atom. The molecule has 0 spiro atoms. The molecule has 2 N–H and O–H groups in total. The number of benzene rings is 1. The summed E-state index contributed by atoms with van der Waals surface area (Å²) in [7, 11) is 0. The monoisotopic (exact) mass is 248 g/mol. The molecular weight excluding hydrogens is 228 g/mol. The van der Waals surface area contributed by atoms with Gasteiger partial charge in [0, 0.05) is 13.1 Å². The highest BCUT2D eigenvalue weighted by Gasteiger charge is 2.33. The first kappa shape index (κ1) is 12.9. The van der Waals surface area contributed by atoms with E-state index in [4.69, 9.17) is 10.5 Å². The number of anilines is 1. The van der Waals surface area contributed by atoms with E-state index in [0.717, 1.165) is 17.9 Å². The van der Waals surface area contributed by atoms with Gasteiger partial charge in [-0.2, -0.15) is 0 Å². The van der Waals surface area contributed by atoms with Crippen molar-refractivity contribution in [2.45, 2.75) is 20.3 Å². The fraction of sp³-hybridized carbons (Fsp3) is 0.500. The SMILES string of the molecule is CC(C)(CN)C(=O)N1CCCOc2ccccc21. The van der Waals surface area contributed by atoms with Crippen molar-refractivity contribution < 1.29 is 9.53 Å². The van der Waals surface area contributed by atoms with Gasteiger partial charge in [0.05, 0.1) is 17.7 Å². The van der Waals surface area contributed by atoms with Crippen LogP contribution in [0.5, 0.6) is 5.75 Å². The van der Waals surface area contributed by atoms with Gasteiger partial charge in [-0.1, -0.05) is 12.1 Å². The molecule has 1 amide bonds. The van der Waals surface area contributed by atoms with E-state index in [1.165, 1.54) is 0 Å². The molecule has 0 radical (unpaired) electrons. The van der Waals surface area contributed by atoms with Gasteiger partial charge in [-0.25, -0.2) is 0 Å². The standard InChI is InChI=1S/C14H20N2O2/c1-14(2,10-15)13(17)16-8-5-9-18-12-7-4-3-6-11(12)16/h3-4,6-7H,5,8-10,15H2,1-2H3. The number of fused-ring (bicyclic) bond motifs is 1. The number of hydrogen-bond acceptors (Lipinski definition) is 3. The molecule has 1 heterocycles. The van der Waals surface area contributed by atoms with E-state index in [0.29, 0.717) is 19.7 Å². The smallest absolute Gasteiger partial charge is 0.234 e. The molecule has 1 aliphatic heterocycles. The van der Waals surface area contributed by atoms with E-state index in [2.05, 4.69) is 0 Å². The summed E-state index contributed by atoms with van der Waals surface area (Å²) >= 11 is 0. The first-order chi connectivity index (χ1) is 8.56. The maximum absolute atomic E-state index is 12.6. The number of nitrogens with two attached hydrogens (primary N) is 1. The Morgan fingerprint density at radius 2 is 2.17 bits per heavy atom. The fourth-order valence-corrected chi connectivity index (χ4v) is 1.99. The fourth-order valence-electron chi connectivity index (χ4n) is 1.99. The molecule has 0 unspecified atom stereocenters. The number of para-hydroxylation sites is 2. The molecule has 4 nitrogen and oxygen atoms in total. The van der Waals surface area contributed by atoms with Crippen LogP contribution in [0.3, 0.4) is 0 Å². The van der Waals surface area contributed by atoms with Crippen molar-refractivity contribution in [1.29, 1.82) is 0 Å². The lowest BCUT2D eigenvalue weighted by Crippen LogP contribution is -2.45. The van der Waals surface area contributed by atoms with Gasteiger partial charge in [0.25, 0.3) is 0 Å². The number of rotatable bonds is 2. The molecule has 18 heavy (non-hydrogen) atoms. The second kappa shape index (κ2) is 4.98. The molecule has 0 saturated heterocycles. The number of nitrogens with zero attached hydrogens (tertiary/aromatic N) is 1.